The molecule has 0 spiro atoms. The number of rotatable bonds is 21. The van der Waals surface area contributed by atoms with Crippen LogP contribution in [-0.2, 0) is 6.42 Å². The number of hydrogen-bond donors (Lipinski definition) is 1. The van der Waals surface area contributed by atoms with E-state index in [2.05, 4.69) is 61.8 Å². The quantitative estimate of drug-likeness (QED) is 0.0653. The Morgan fingerprint density at radius 3 is 1.07 bits per heavy atom. The molecule has 0 aliphatic carbocycles. The van der Waals surface area contributed by atoms with Crippen LogP contribution in [0.3, 0.4) is 0 Å². The van der Waals surface area contributed by atoms with Crippen LogP contribution in [-0.4, -0.2) is 143 Å². The van der Waals surface area contributed by atoms with Crippen molar-refractivity contribution in [2.75, 3.05) is 70.3 Å². The van der Waals surface area contributed by atoms with Crippen molar-refractivity contribution >= 4 is 72.6 Å². The number of carboxylic acid groups (broad SMARTS) is 1. The van der Waals surface area contributed by atoms with Crippen molar-refractivity contribution in [2.24, 2.45) is 0 Å². The molecule has 7 aliphatic rings. The highest BCUT2D eigenvalue weighted by Gasteiger charge is 2.49. The minimum atomic E-state index is -1.11. The van der Waals surface area contributed by atoms with Gasteiger partial charge in [-0.15, -0.1) is 0 Å². The molecule has 2 unspecified atom stereocenters. The lowest BCUT2D eigenvalue weighted by atomic mass is 9.87. The molecule has 7 aliphatic heterocycles. The molecule has 692 valence electrons. The van der Waals surface area contributed by atoms with Gasteiger partial charge in [-0.05, 0) is 219 Å². The van der Waals surface area contributed by atoms with E-state index in [4.69, 9.17) is 66.8 Å². The summed E-state index contributed by atoms with van der Waals surface area (Å²) in [7, 11) is 5.92. The van der Waals surface area contributed by atoms with E-state index < -0.39 is 24.1 Å². The summed E-state index contributed by atoms with van der Waals surface area (Å²) in [6.07, 6.45) is 3.61. The minimum absolute atomic E-state index is 0.0226. The Morgan fingerprint density at radius 1 is 0.400 bits per heavy atom. The second-order valence-corrected chi connectivity index (χ2v) is 34.2. The lowest BCUT2D eigenvalue weighted by Gasteiger charge is -2.28. The van der Waals surface area contributed by atoms with E-state index in [1.807, 2.05) is 97.9 Å². The number of methoxy groups -OCH3 is 4. The standard InChI is InChI=1S/2C27H24FN5O5.C22H20BrFN2O4.C21H17BrFN3O3/c2*1-14(2)32-23-21(30-24(32)18-12-29-27(36-4)31-25(18)35-3)26(34)33(22(23)15-5-7-16(28)8-6-15)17-9-10-19-20(11-17)38-13-37-19;1-12(2)26-20(19(21(27)28)25-22(26)23)16(14-4-6-15(24)7-5-14)9-13-3-8-17-18(10-13)30-11-29-17;1-11(2)25-19-17(24-21(25)22)20(27)26(18(19)12-3-5-13(23)6-4-12)14-7-8-15-16(9-14)29-10-28-15/h2*5-12,14,22H,13H2,1-4H3;3-8,10,12,16H,9,11H2,1-2H3,(H,27,28);3-9,11,18H,10H2,1-2H3/t2*22-;;/m10../s1. The normalized spacial score (nSPS) is 15.6. The molecule has 0 radical (unpaired) electrons. The Bertz CT molecular complexity index is 6730. The van der Waals surface area contributed by atoms with Crippen LogP contribution < -0.4 is 71.5 Å². The lowest BCUT2D eigenvalue weighted by Crippen LogP contribution is -2.30. The Balaban J connectivity index is 0.000000121. The average Bonchev–Trinajstić information content (AvgIpc) is 1.56. The van der Waals surface area contributed by atoms with E-state index in [0.717, 1.165) is 33.5 Å². The first kappa shape index (κ1) is 90.5. The molecule has 14 aromatic rings. The van der Waals surface area contributed by atoms with Crippen molar-refractivity contribution in [1.82, 2.24) is 58.1 Å². The number of nitrogens with zero attached hydrogens (tertiary/aromatic N) is 15. The molecule has 6 aromatic heterocycles. The Morgan fingerprint density at radius 2 is 0.726 bits per heavy atom. The molecular formula is C97H85Br2F4N15O17. The van der Waals surface area contributed by atoms with Gasteiger partial charge in [0.05, 0.1) is 62.3 Å². The molecule has 38 heteroatoms. The molecule has 135 heavy (non-hydrogen) atoms. The summed E-state index contributed by atoms with van der Waals surface area (Å²) in [5.41, 5.74) is 10.5. The van der Waals surface area contributed by atoms with Gasteiger partial charge >= 0.3 is 18.0 Å². The molecule has 32 nitrogen and oxygen atoms in total. The van der Waals surface area contributed by atoms with E-state index >= 15 is 0 Å². The van der Waals surface area contributed by atoms with Crippen LogP contribution in [0.2, 0.25) is 0 Å². The predicted octanol–water partition coefficient (Wildman–Crippen LogP) is 19.1. The van der Waals surface area contributed by atoms with Crippen molar-refractivity contribution in [1.29, 1.82) is 0 Å². The van der Waals surface area contributed by atoms with Crippen molar-refractivity contribution in [2.45, 2.75) is 110 Å². The van der Waals surface area contributed by atoms with Crippen molar-refractivity contribution < 1.29 is 98.7 Å². The molecule has 3 amide bonds. The van der Waals surface area contributed by atoms with E-state index in [1.165, 1.54) is 77.0 Å². The third-order valence-electron chi connectivity index (χ3n) is 23.4. The molecule has 0 saturated heterocycles. The molecule has 8 aromatic carbocycles. The van der Waals surface area contributed by atoms with E-state index in [-0.39, 0.29) is 139 Å². The van der Waals surface area contributed by atoms with Gasteiger partial charge in [-0.3, -0.25) is 29.1 Å². The summed E-state index contributed by atoms with van der Waals surface area (Å²) in [6, 6.07) is 44.8. The number of aromatic carboxylic acids is 1. The van der Waals surface area contributed by atoms with Gasteiger partial charge in [0.15, 0.2) is 78.2 Å². The molecule has 0 fully saturated rings. The van der Waals surface area contributed by atoms with Gasteiger partial charge in [0.1, 0.15) is 53.0 Å². The molecule has 13 heterocycles. The van der Waals surface area contributed by atoms with Crippen LogP contribution in [0.4, 0.5) is 34.6 Å². The smallest absolute Gasteiger partial charge is 0.356 e. The maximum Gasteiger partial charge on any atom is 0.356 e. The summed E-state index contributed by atoms with van der Waals surface area (Å²) in [4.78, 5) is 93.9. The SMILES string of the molecule is CC(C)n1c(Br)nc(C(=O)O)c1C(Cc1ccc2c(c1)OCO2)c1ccc(F)cc1.CC(C)n1c(Br)nc2c1C(c1ccc(F)cc1)N(c1ccc3c(c1)OCO3)C2=O.COc1ncc(-c2nc3c(n2C(C)C)[C@@H](c2ccc(F)cc2)N(c2ccc4c(c2)OCO4)C3=O)c(OC)n1.COc1ncc(-c2nc3c(n2C(C)C)[C@H](c2ccc(F)cc2)N(c2ccc4c(c2)OCO4)C3=O)c(OC)n1. The van der Waals surface area contributed by atoms with Crippen LogP contribution in [0.5, 0.6) is 69.8 Å². The second kappa shape index (κ2) is 37.2. The zero-order valence-electron chi connectivity index (χ0n) is 74.4. The Hall–Kier alpha value is -15.1. The number of carboxylic acids is 1. The first-order chi connectivity index (χ1) is 65.1. The fraction of sp³-hybridized carbons (Fsp3) is 0.258. The number of ether oxygens (including phenoxy) is 12. The average molecular weight is 1970 g/mol. The van der Waals surface area contributed by atoms with Crippen molar-refractivity contribution in [3.63, 3.8) is 0 Å². The fourth-order valence-corrected chi connectivity index (χ4v) is 19.1. The number of fused-ring (bicyclic) bond motifs is 7. The topological polar surface area (TPSA) is 332 Å². The number of halogens is 6. The molecule has 4 atom stereocenters. The predicted molar refractivity (Wildman–Crippen MR) is 488 cm³/mol. The minimum Gasteiger partial charge on any atom is -0.480 e. The number of aromatic nitrogens is 12. The van der Waals surface area contributed by atoms with Crippen LogP contribution >= 0.6 is 31.9 Å². The summed E-state index contributed by atoms with van der Waals surface area (Å²) < 4.78 is 129. The first-order valence-electron chi connectivity index (χ1n) is 42.7. The van der Waals surface area contributed by atoms with Crippen LogP contribution in [0, 0.1) is 23.3 Å². The molecular weight excluding hydrogens is 1880 g/mol. The number of hydrogen-bond acceptors (Lipinski definition) is 24. The zero-order chi connectivity index (χ0) is 94.8. The Labute approximate surface area is 786 Å². The maximum atomic E-state index is 14.0. The monoisotopic (exact) mass is 1970 g/mol. The number of amides is 3. The molecule has 0 saturated carbocycles. The number of imidazole rings is 4. The van der Waals surface area contributed by atoms with Crippen LogP contribution in [0.15, 0.2) is 192 Å². The fourth-order valence-electron chi connectivity index (χ4n) is 17.6. The van der Waals surface area contributed by atoms with E-state index in [9.17, 15) is 41.8 Å². The van der Waals surface area contributed by atoms with Gasteiger partial charge in [0.2, 0.25) is 38.9 Å². The van der Waals surface area contributed by atoms with Gasteiger partial charge in [-0.25, -0.2) is 52.3 Å². The van der Waals surface area contributed by atoms with Crippen molar-refractivity contribution in [3.05, 3.63) is 288 Å². The number of benzene rings is 8. The number of carbonyl (C=O) groups is 4. The summed E-state index contributed by atoms with van der Waals surface area (Å²) in [6.45, 7) is 16.5. The highest BCUT2D eigenvalue weighted by atomic mass is 79.9. The maximum absolute atomic E-state index is 14.0. The molecule has 21 rings (SSSR count). The van der Waals surface area contributed by atoms with Gasteiger partial charge < -0.3 is 80.2 Å². The second-order valence-electron chi connectivity index (χ2n) is 32.8. The molecule has 0 bridgehead atoms. The van der Waals surface area contributed by atoms with Crippen LogP contribution in [0.1, 0.15) is 196 Å². The van der Waals surface area contributed by atoms with Gasteiger partial charge in [-0.2, -0.15) is 9.97 Å². The highest BCUT2D eigenvalue weighted by Crippen LogP contribution is 2.53. The Kier molecular flexibility index (Phi) is 24.9. The van der Waals surface area contributed by atoms with E-state index in [1.54, 1.807) is 124 Å². The number of anilines is 3. The zero-order valence-corrected chi connectivity index (χ0v) is 77.6. The highest BCUT2D eigenvalue weighted by molar-refractivity contribution is 9.10. The third-order valence-corrected chi connectivity index (χ3v) is 24.5. The van der Waals surface area contributed by atoms with Gasteiger partial charge in [0, 0.05) is 77.7 Å². The van der Waals surface area contributed by atoms with E-state index in [0.29, 0.717) is 124 Å². The van der Waals surface area contributed by atoms with Crippen LogP contribution in [0.25, 0.3) is 22.8 Å². The van der Waals surface area contributed by atoms with Gasteiger partial charge in [0.25, 0.3) is 17.7 Å². The van der Waals surface area contributed by atoms with Gasteiger partial charge in [-0.1, -0.05) is 54.6 Å². The third kappa shape index (κ3) is 16.8. The summed E-state index contributed by atoms with van der Waals surface area (Å²) >= 11 is 6.89. The first-order valence-corrected chi connectivity index (χ1v) is 44.2. The summed E-state index contributed by atoms with van der Waals surface area (Å²) in [5, 5.41) is 9.82. The lowest BCUT2D eigenvalue weighted by molar-refractivity contribution is 0.0688. The summed E-state index contributed by atoms with van der Waals surface area (Å²) in [5.74, 6) is 2.66. The number of carbonyl (C=O) groups excluding carboxylic acids is 3. The van der Waals surface area contributed by atoms with Crippen molar-refractivity contribution in [3.8, 4) is 92.6 Å². The molecule has 1 N–H and O–H groups in total. The largest absolute Gasteiger partial charge is 0.480 e.